The molecule has 1 aromatic rings. The van der Waals surface area contributed by atoms with Crippen molar-refractivity contribution in [2.75, 3.05) is 6.61 Å². The second-order valence-corrected chi connectivity index (χ2v) is 5.66. The lowest BCUT2D eigenvalue weighted by atomic mass is 9.74. The van der Waals surface area contributed by atoms with E-state index in [0.29, 0.717) is 18.7 Å². The Morgan fingerprint density at radius 2 is 2.09 bits per heavy atom. The molecular formula is C16H20F3NO3. The summed E-state index contributed by atoms with van der Waals surface area (Å²) in [6, 6.07) is 5.83. The zero-order chi connectivity index (χ0) is 16.9. The van der Waals surface area contributed by atoms with Gasteiger partial charge in [-0.05, 0) is 43.9 Å². The van der Waals surface area contributed by atoms with Crippen LogP contribution in [0.1, 0.15) is 38.2 Å². The van der Waals surface area contributed by atoms with Crippen molar-refractivity contribution in [3.63, 3.8) is 0 Å². The summed E-state index contributed by atoms with van der Waals surface area (Å²) >= 11 is 0. The average molecular weight is 331 g/mol. The second-order valence-electron chi connectivity index (χ2n) is 5.66. The highest BCUT2D eigenvalue weighted by Gasteiger charge is 2.39. The molecule has 0 unspecified atom stereocenters. The predicted molar refractivity (Wildman–Crippen MR) is 77.8 cm³/mol. The van der Waals surface area contributed by atoms with Gasteiger partial charge in [-0.1, -0.05) is 12.1 Å². The first-order valence-corrected chi connectivity index (χ1v) is 7.57. The number of nitrogens with one attached hydrogen (secondary N) is 1. The second kappa shape index (κ2) is 7.21. The van der Waals surface area contributed by atoms with Gasteiger partial charge in [0.05, 0.1) is 13.0 Å². The van der Waals surface area contributed by atoms with Crippen LogP contribution in [0.3, 0.4) is 0 Å². The third-order valence-electron chi connectivity index (χ3n) is 3.90. The van der Waals surface area contributed by atoms with E-state index in [1.54, 1.807) is 13.0 Å². The first kappa shape index (κ1) is 17.6. The lowest BCUT2D eigenvalue weighted by Crippen LogP contribution is -2.52. The van der Waals surface area contributed by atoms with Crippen molar-refractivity contribution in [2.45, 2.75) is 51.1 Å². The quantitative estimate of drug-likeness (QED) is 0.776. The smallest absolute Gasteiger partial charge is 0.466 e. The largest absolute Gasteiger partial charge is 0.573 e. The van der Waals surface area contributed by atoms with Gasteiger partial charge in [-0.3, -0.25) is 4.79 Å². The third kappa shape index (κ3) is 5.42. The van der Waals surface area contributed by atoms with Crippen LogP contribution < -0.4 is 10.1 Å². The van der Waals surface area contributed by atoms with Crippen molar-refractivity contribution in [1.29, 1.82) is 0 Å². The molecule has 128 valence electrons. The van der Waals surface area contributed by atoms with Crippen molar-refractivity contribution in [1.82, 2.24) is 5.32 Å². The van der Waals surface area contributed by atoms with Gasteiger partial charge >= 0.3 is 12.3 Å². The SMILES string of the molecule is CCOC(=O)CC1(NCc2cccc(OC(F)(F)F)c2)CCC1. The van der Waals surface area contributed by atoms with Crippen molar-refractivity contribution in [3.05, 3.63) is 29.8 Å². The molecule has 0 atom stereocenters. The van der Waals surface area contributed by atoms with Crippen molar-refractivity contribution < 1.29 is 27.4 Å². The number of halogens is 3. The topological polar surface area (TPSA) is 47.6 Å². The fourth-order valence-electron chi connectivity index (χ4n) is 2.65. The lowest BCUT2D eigenvalue weighted by Gasteiger charge is -2.42. The molecule has 0 saturated heterocycles. The molecule has 23 heavy (non-hydrogen) atoms. The summed E-state index contributed by atoms with van der Waals surface area (Å²) in [4.78, 5) is 11.7. The van der Waals surface area contributed by atoms with Gasteiger partial charge in [-0.2, -0.15) is 0 Å². The minimum Gasteiger partial charge on any atom is -0.466 e. The van der Waals surface area contributed by atoms with E-state index in [1.165, 1.54) is 18.2 Å². The van der Waals surface area contributed by atoms with E-state index in [-0.39, 0.29) is 23.7 Å². The molecule has 1 aliphatic rings. The van der Waals surface area contributed by atoms with Crippen LogP contribution in [0, 0.1) is 0 Å². The number of ether oxygens (including phenoxy) is 2. The summed E-state index contributed by atoms with van der Waals surface area (Å²) in [7, 11) is 0. The Bertz CT molecular complexity index is 542. The monoisotopic (exact) mass is 331 g/mol. The van der Waals surface area contributed by atoms with Gasteiger partial charge in [0.1, 0.15) is 5.75 Å². The molecule has 0 spiro atoms. The van der Waals surface area contributed by atoms with E-state index in [0.717, 1.165) is 19.3 Å². The molecule has 0 radical (unpaired) electrons. The van der Waals surface area contributed by atoms with Gasteiger partial charge in [0.25, 0.3) is 0 Å². The summed E-state index contributed by atoms with van der Waals surface area (Å²) in [5.41, 5.74) is 0.356. The minimum absolute atomic E-state index is 0.246. The van der Waals surface area contributed by atoms with Gasteiger partial charge in [-0.15, -0.1) is 13.2 Å². The number of rotatable bonds is 7. The number of carbonyl (C=O) groups excluding carboxylic acids is 1. The predicted octanol–water partition coefficient (Wildman–Crippen LogP) is 3.55. The van der Waals surface area contributed by atoms with E-state index in [1.807, 2.05) is 0 Å². The Kier molecular flexibility index (Phi) is 5.51. The Morgan fingerprint density at radius 3 is 2.65 bits per heavy atom. The van der Waals surface area contributed by atoms with E-state index in [4.69, 9.17) is 4.74 Å². The van der Waals surface area contributed by atoms with Crippen LogP contribution >= 0.6 is 0 Å². The van der Waals surface area contributed by atoms with Crippen LogP contribution in [-0.2, 0) is 16.1 Å². The highest BCUT2D eigenvalue weighted by Crippen LogP contribution is 2.35. The molecule has 0 bridgehead atoms. The van der Waals surface area contributed by atoms with Gasteiger partial charge in [0.15, 0.2) is 0 Å². The molecule has 0 aliphatic heterocycles. The van der Waals surface area contributed by atoms with E-state index in [2.05, 4.69) is 10.1 Å². The molecule has 1 aliphatic carbocycles. The van der Waals surface area contributed by atoms with Crippen LogP contribution in [0.2, 0.25) is 0 Å². The number of carbonyl (C=O) groups is 1. The molecule has 2 rings (SSSR count). The third-order valence-corrected chi connectivity index (χ3v) is 3.90. The van der Waals surface area contributed by atoms with Crippen LogP contribution in [0.15, 0.2) is 24.3 Å². The maximum absolute atomic E-state index is 12.2. The summed E-state index contributed by atoms with van der Waals surface area (Å²) < 4.78 is 45.6. The molecule has 1 N–H and O–H groups in total. The fraction of sp³-hybridized carbons (Fsp3) is 0.562. The Morgan fingerprint density at radius 1 is 1.35 bits per heavy atom. The molecule has 1 fully saturated rings. The summed E-state index contributed by atoms with van der Waals surface area (Å²) in [6.07, 6.45) is -1.70. The van der Waals surface area contributed by atoms with E-state index >= 15 is 0 Å². The number of hydrogen-bond acceptors (Lipinski definition) is 4. The zero-order valence-electron chi connectivity index (χ0n) is 12.9. The number of esters is 1. The lowest BCUT2D eigenvalue weighted by molar-refractivity contribution is -0.274. The van der Waals surface area contributed by atoms with Crippen LogP contribution in [0.5, 0.6) is 5.75 Å². The van der Waals surface area contributed by atoms with Crippen LogP contribution in [0.4, 0.5) is 13.2 Å². The standard InChI is InChI=1S/C16H20F3NO3/c1-2-22-14(21)10-15(7-4-8-15)20-11-12-5-3-6-13(9-12)23-16(17,18)19/h3,5-6,9,20H,2,4,7-8,10-11H2,1H3. The highest BCUT2D eigenvalue weighted by atomic mass is 19.4. The molecule has 0 aromatic heterocycles. The zero-order valence-corrected chi connectivity index (χ0v) is 12.9. The molecule has 0 heterocycles. The Hall–Kier alpha value is -1.76. The summed E-state index contributed by atoms with van der Waals surface area (Å²) in [6.45, 7) is 2.46. The fourth-order valence-corrected chi connectivity index (χ4v) is 2.65. The van der Waals surface area contributed by atoms with Gasteiger partial charge < -0.3 is 14.8 Å². The molecule has 0 amide bonds. The van der Waals surface area contributed by atoms with Crippen LogP contribution in [-0.4, -0.2) is 24.5 Å². The van der Waals surface area contributed by atoms with Crippen molar-refractivity contribution >= 4 is 5.97 Å². The number of alkyl halides is 3. The van der Waals surface area contributed by atoms with Crippen LogP contribution in [0.25, 0.3) is 0 Å². The normalized spacial score (nSPS) is 16.5. The van der Waals surface area contributed by atoms with Gasteiger partial charge in [-0.25, -0.2) is 0 Å². The molecule has 1 saturated carbocycles. The van der Waals surface area contributed by atoms with E-state index in [9.17, 15) is 18.0 Å². The summed E-state index contributed by atoms with van der Waals surface area (Å²) in [5, 5.41) is 3.29. The highest BCUT2D eigenvalue weighted by molar-refractivity contribution is 5.71. The molecular weight excluding hydrogens is 311 g/mol. The Balaban J connectivity index is 1.94. The van der Waals surface area contributed by atoms with Gasteiger partial charge in [0, 0.05) is 12.1 Å². The molecule has 4 nitrogen and oxygen atoms in total. The molecule has 1 aromatic carbocycles. The number of hydrogen-bond donors (Lipinski definition) is 1. The average Bonchev–Trinajstić information content (AvgIpc) is 2.40. The minimum atomic E-state index is -4.70. The van der Waals surface area contributed by atoms with E-state index < -0.39 is 6.36 Å². The maximum Gasteiger partial charge on any atom is 0.573 e. The first-order chi connectivity index (χ1) is 10.8. The summed E-state index contributed by atoms with van der Waals surface area (Å²) in [5.74, 6) is -0.501. The Labute approximate surface area is 133 Å². The first-order valence-electron chi connectivity index (χ1n) is 7.57. The molecule has 7 heteroatoms. The van der Waals surface area contributed by atoms with Crippen molar-refractivity contribution in [2.24, 2.45) is 0 Å². The number of benzene rings is 1. The van der Waals surface area contributed by atoms with Gasteiger partial charge in [0.2, 0.25) is 0 Å². The maximum atomic E-state index is 12.2. The van der Waals surface area contributed by atoms with Crippen molar-refractivity contribution in [3.8, 4) is 5.75 Å².